The molecule has 1 rings (SSSR count). The molecule has 0 aliphatic heterocycles. The third kappa shape index (κ3) is 2.77. The van der Waals surface area contributed by atoms with Crippen molar-refractivity contribution in [2.75, 3.05) is 7.11 Å². The zero-order chi connectivity index (χ0) is 10.6. The van der Waals surface area contributed by atoms with E-state index in [0.717, 1.165) is 17.9 Å². The second-order valence-electron chi connectivity index (χ2n) is 3.49. The molecule has 1 N–H and O–H groups in total. The molecule has 2 unspecified atom stereocenters. The van der Waals surface area contributed by atoms with Crippen molar-refractivity contribution in [1.82, 2.24) is 0 Å². The average molecular weight is 198 g/mol. The lowest BCUT2D eigenvalue weighted by molar-refractivity contribution is -0.0707. The predicted octanol–water partition coefficient (Wildman–Crippen LogP) is 2.19. The van der Waals surface area contributed by atoms with E-state index in [1.807, 2.05) is 19.1 Å². The summed E-state index contributed by atoms with van der Waals surface area (Å²) in [4.78, 5) is 0. The Hall–Kier alpha value is -0.960. The van der Waals surface area contributed by atoms with Crippen LogP contribution in [-0.2, 0) is 9.47 Å². The molecule has 1 aliphatic carbocycles. The van der Waals surface area contributed by atoms with Crippen LogP contribution in [0.1, 0.15) is 26.7 Å². The lowest BCUT2D eigenvalue weighted by Crippen LogP contribution is -2.14. The molecule has 0 bridgehead atoms. The van der Waals surface area contributed by atoms with Gasteiger partial charge < -0.3 is 14.6 Å². The Morgan fingerprint density at radius 2 is 2.29 bits per heavy atom. The van der Waals surface area contributed by atoms with Crippen molar-refractivity contribution >= 4 is 0 Å². The third-order valence-electron chi connectivity index (χ3n) is 2.30. The molecule has 0 radical (unpaired) electrons. The lowest BCUT2D eigenvalue weighted by Gasteiger charge is -2.22. The van der Waals surface area contributed by atoms with Crippen LogP contribution in [0, 0.1) is 5.92 Å². The monoisotopic (exact) mass is 198 g/mol. The zero-order valence-electron chi connectivity index (χ0n) is 8.99. The standard InChI is InChI=1S/C11H18O3/c1-4-11(12)14-9-5-6-10(13-3)8(2)7-9/h5-6,8,11-12H,4,7H2,1-3H3. The molecule has 0 spiro atoms. The molecule has 0 heterocycles. The van der Waals surface area contributed by atoms with E-state index in [4.69, 9.17) is 9.47 Å². The molecule has 1 aliphatic rings. The van der Waals surface area contributed by atoms with Gasteiger partial charge in [0.15, 0.2) is 6.29 Å². The van der Waals surface area contributed by atoms with E-state index < -0.39 is 6.29 Å². The van der Waals surface area contributed by atoms with Crippen molar-refractivity contribution in [3.63, 3.8) is 0 Å². The maximum absolute atomic E-state index is 9.30. The van der Waals surface area contributed by atoms with E-state index in [1.165, 1.54) is 0 Å². The second-order valence-corrected chi connectivity index (χ2v) is 3.49. The number of aliphatic hydroxyl groups excluding tert-OH is 1. The van der Waals surface area contributed by atoms with Gasteiger partial charge in [-0.3, -0.25) is 0 Å². The van der Waals surface area contributed by atoms with Crippen molar-refractivity contribution in [3.05, 3.63) is 23.7 Å². The highest BCUT2D eigenvalue weighted by molar-refractivity contribution is 5.19. The summed E-state index contributed by atoms with van der Waals surface area (Å²) in [6.07, 6.45) is 4.46. The fourth-order valence-electron chi connectivity index (χ4n) is 1.42. The molecule has 3 heteroatoms. The van der Waals surface area contributed by atoms with Crippen LogP contribution in [0.2, 0.25) is 0 Å². The first kappa shape index (κ1) is 11.1. The van der Waals surface area contributed by atoms with Gasteiger partial charge in [-0.25, -0.2) is 0 Å². The molecule has 0 aromatic carbocycles. The molecular formula is C11H18O3. The minimum Gasteiger partial charge on any atom is -0.501 e. The zero-order valence-corrected chi connectivity index (χ0v) is 8.99. The van der Waals surface area contributed by atoms with Crippen LogP contribution in [0.25, 0.3) is 0 Å². The first-order valence-electron chi connectivity index (χ1n) is 4.96. The molecule has 0 saturated carbocycles. The highest BCUT2D eigenvalue weighted by atomic mass is 16.6. The summed E-state index contributed by atoms with van der Waals surface area (Å²) in [7, 11) is 1.67. The average Bonchev–Trinajstić information content (AvgIpc) is 2.18. The topological polar surface area (TPSA) is 38.7 Å². The van der Waals surface area contributed by atoms with Gasteiger partial charge in [0.05, 0.1) is 12.9 Å². The Kier molecular flexibility index (Phi) is 4.01. The van der Waals surface area contributed by atoms with E-state index in [1.54, 1.807) is 7.11 Å². The van der Waals surface area contributed by atoms with Crippen molar-refractivity contribution in [2.24, 2.45) is 5.92 Å². The minimum absolute atomic E-state index is 0.323. The Bertz CT molecular complexity index is 243. The highest BCUT2D eigenvalue weighted by Gasteiger charge is 2.17. The van der Waals surface area contributed by atoms with Gasteiger partial charge in [0.2, 0.25) is 0 Å². The summed E-state index contributed by atoms with van der Waals surface area (Å²) in [5.74, 6) is 2.11. The van der Waals surface area contributed by atoms with Crippen molar-refractivity contribution in [3.8, 4) is 0 Å². The van der Waals surface area contributed by atoms with Gasteiger partial charge in [-0.1, -0.05) is 13.8 Å². The molecule has 0 saturated heterocycles. The molecule has 2 atom stereocenters. The molecule has 3 nitrogen and oxygen atoms in total. The maximum Gasteiger partial charge on any atom is 0.196 e. The summed E-state index contributed by atoms with van der Waals surface area (Å²) < 4.78 is 10.5. The Morgan fingerprint density at radius 3 is 2.79 bits per heavy atom. The van der Waals surface area contributed by atoms with Crippen LogP contribution in [-0.4, -0.2) is 18.5 Å². The molecule has 0 fully saturated rings. The van der Waals surface area contributed by atoms with E-state index in [0.29, 0.717) is 12.3 Å². The number of aliphatic hydroxyl groups is 1. The van der Waals surface area contributed by atoms with Crippen LogP contribution in [0.15, 0.2) is 23.7 Å². The molecule has 0 aromatic rings. The number of methoxy groups -OCH3 is 1. The Balaban J connectivity index is 2.57. The molecule has 80 valence electrons. The Morgan fingerprint density at radius 1 is 1.57 bits per heavy atom. The second kappa shape index (κ2) is 5.05. The van der Waals surface area contributed by atoms with Crippen molar-refractivity contribution in [1.29, 1.82) is 0 Å². The van der Waals surface area contributed by atoms with Crippen molar-refractivity contribution < 1.29 is 14.6 Å². The predicted molar refractivity (Wildman–Crippen MR) is 54.3 cm³/mol. The summed E-state index contributed by atoms with van der Waals surface area (Å²) in [5, 5.41) is 9.30. The van der Waals surface area contributed by atoms with Crippen molar-refractivity contribution in [2.45, 2.75) is 33.0 Å². The number of allylic oxidation sites excluding steroid dienone is 4. The largest absolute Gasteiger partial charge is 0.501 e. The molecular weight excluding hydrogens is 180 g/mol. The summed E-state index contributed by atoms with van der Waals surface area (Å²) in [6.45, 7) is 3.96. The van der Waals surface area contributed by atoms with E-state index in [2.05, 4.69) is 6.92 Å². The fraction of sp³-hybridized carbons (Fsp3) is 0.636. The van der Waals surface area contributed by atoms with Gasteiger partial charge in [-0.2, -0.15) is 0 Å². The van der Waals surface area contributed by atoms with Gasteiger partial charge in [-0.15, -0.1) is 0 Å². The summed E-state index contributed by atoms with van der Waals surface area (Å²) in [6, 6.07) is 0. The van der Waals surface area contributed by atoms with Gasteiger partial charge in [0.1, 0.15) is 5.76 Å². The fourth-order valence-corrected chi connectivity index (χ4v) is 1.42. The lowest BCUT2D eigenvalue weighted by atomic mass is 9.99. The normalized spacial score (nSPS) is 23.6. The quantitative estimate of drug-likeness (QED) is 0.704. The van der Waals surface area contributed by atoms with Crippen LogP contribution in [0.3, 0.4) is 0 Å². The van der Waals surface area contributed by atoms with E-state index >= 15 is 0 Å². The first-order valence-corrected chi connectivity index (χ1v) is 4.96. The van der Waals surface area contributed by atoms with Gasteiger partial charge >= 0.3 is 0 Å². The maximum atomic E-state index is 9.30. The third-order valence-corrected chi connectivity index (χ3v) is 2.30. The summed E-state index contributed by atoms with van der Waals surface area (Å²) >= 11 is 0. The summed E-state index contributed by atoms with van der Waals surface area (Å²) in [5.41, 5.74) is 0. The van der Waals surface area contributed by atoms with E-state index in [9.17, 15) is 5.11 Å². The molecule has 0 aromatic heterocycles. The van der Waals surface area contributed by atoms with Crippen LogP contribution in [0.4, 0.5) is 0 Å². The first-order chi connectivity index (χ1) is 6.67. The number of ether oxygens (including phenoxy) is 2. The minimum atomic E-state index is -0.689. The molecule has 0 amide bonds. The van der Waals surface area contributed by atoms with E-state index in [-0.39, 0.29) is 0 Å². The van der Waals surface area contributed by atoms with Gasteiger partial charge in [0.25, 0.3) is 0 Å². The Labute approximate surface area is 85.0 Å². The smallest absolute Gasteiger partial charge is 0.196 e. The number of hydrogen-bond acceptors (Lipinski definition) is 3. The van der Waals surface area contributed by atoms with Crippen LogP contribution in [0.5, 0.6) is 0 Å². The van der Waals surface area contributed by atoms with Gasteiger partial charge in [0, 0.05) is 18.8 Å². The number of rotatable bonds is 4. The van der Waals surface area contributed by atoms with Crippen LogP contribution < -0.4 is 0 Å². The van der Waals surface area contributed by atoms with Gasteiger partial charge in [-0.05, 0) is 12.2 Å². The number of hydrogen-bond donors (Lipinski definition) is 1. The van der Waals surface area contributed by atoms with Crippen LogP contribution >= 0.6 is 0 Å². The highest BCUT2D eigenvalue weighted by Crippen LogP contribution is 2.26. The SMILES string of the molecule is CCC(O)OC1=CC=C(OC)C(C)C1. The molecule has 14 heavy (non-hydrogen) atoms.